The van der Waals surface area contributed by atoms with Crippen molar-refractivity contribution in [2.24, 2.45) is 0 Å². The van der Waals surface area contributed by atoms with E-state index in [1.54, 1.807) is 7.11 Å². The van der Waals surface area contributed by atoms with Gasteiger partial charge in [0.25, 0.3) is 0 Å². The third-order valence-electron chi connectivity index (χ3n) is 1.37. The molecule has 47 valence electrons. The van der Waals surface area contributed by atoms with Gasteiger partial charge in [0.2, 0.25) is 0 Å². The Kier molecular flexibility index (Phi) is 2.30. The quantitative estimate of drug-likeness (QED) is 0.553. The Hall–Kier alpha value is -0.0800. The first-order valence-electron chi connectivity index (χ1n) is 2.97. The second-order valence-electron chi connectivity index (χ2n) is 2.08. The summed E-state index contributed by atoms with van der Waals surface area (Å²) in [5, 5.41) is 3.28. The fourth-order valence-corrected chi connectivity index (χ4v) is 0.946. The third-order valence-corrected chi connectivity index (χ3v) is 1.37. The smallest absolute Gasteiger partial charge is 0.0615 e. The van der Waals surface area contributed by atoms with Crippen molar-refractivity contribution < 1.29 is 4.74 Å². The van der Waals surface area contributed by atoms with E-state index >= 15 is 0 Å². The second kappa shape index (κ2) is 3.05. The number of methoxy groups -OCH3 is 1. The van der Waals surface area contributed by atoms with E-state index in [1.165, 1.54) is 0 Å². The van der Waals surface area contributed by atoms with Gasteiger partial charge >= 0.3 is 0 Å². The van der Waals surface area contributed by atoms with E-state index in [9.17, 15) is 0 Å². The van der Waals surface area contributed by atoms with E-state index < -0.39 is 0 Å². The minimum absolute atomic E-state index is 0.583. The van der Waals surface area contributed by atoms with E-state index in [0.717, 1.165) is 19.6 Å². The molecule has 0 aromatic rings. The van der Waals surface area contributed by atoms with Crippen LogP contribution in [0.4, 0.5) is 0 Å². The molecule has 0 saturated carbocycles. The van der Waals surface area contributed by atoms with E-state index in [1.807, 2.05) is 0 Å². The predicted octanol–water partition coefficient (Wildman–Crippen LogP) is 0.199. The van der Waals surface area contributed by atoms with Crippen LogP contribution in [-0.4, -0.2) is 26.3 Å². The first-order valence-corrected chi connectivity index (χ1v) is 2.97. The van der Waals surface area contributed by atoms with Crippen LogP contribution in [0.1, 0.15) is 6.42 Å². The Morgan fingerprint density at radius 3 is 3.25 bits per heavy atom. The van der Waals surface area contributed by atoms with Crippen LogP contribution in [0, 0.1) is 6.42 Å². The van der Waals surface area contributed by atoms with Crippen LogP contribution in [0.15, 0.2) is 0 Å². The summed E-state index contributed by atoms with van der Waals surface area (Å²) in [6.07, 6.45) is 3.40. The van der Waals surface area contributed by atoms with Crippen LogP contribution in [0.2, 0.25) is 0 Å². The second-order valence-corrected chi connectivity index (χ2v) is 2.08. The van der Waals surface area contributed by atoms with Gasteiger partial charge in [0, 0.05) is 13.2 Å². The largest absolute Gasteiger partial charge is 0.383 e. The number of hydrogen-bond acceptors (Lipinski definition) is 2. The fourth-order valence-electron chi connectivity index (χ4n) is 0.946. The van der Waals surface area contributed by atoms with Gasteiger partial charge in [0.05, 0.1) is 6.61 Å². The van der Waals surface area contributed by atoms with Crippen LogP contribution >= 0.6 is 0 Å². The zero-order chi connectivity index (χ0) is 5.82. The molecule has 2 nitrogen and oxygen atoms in total. The number of hydrogen-bond donors (Lipinski definition) is 1. The average molecular weight is 114 g/mol. The number of rotatable bonds is 2. The van der Waals surface area contributed by atoms with Gasteiger partial charge in [-0.25, -0.2) is 0 Å². The summed E-state index contributed by atoms with van der Waals surface area (Å²) < 4.78 is 4.94. The molecule has 1 aliphatic heterocycles. The highest BCUT2D eigenvalue weighted by atomic mass is 16.5. The molecule has 1 aliphatic rings. The van der Waals surface area contributed by atoms with E-state index in [2.05, 4.69) is 11.7 Å². The van der Waals surface area contributed by atoms with Crippen molar-refractivity contribution in [3.05, 3.63) is 6.42 Å². The molecule has 1 rings (SSSR count). The standard InChI is InChI=1S/C6H12NO/c1-8-5-6-3-2-4-7-6/h2,6-7H,3-5H2,1H3/t6-/m1/s1. The maximum Gasteiger partial charge on any atom is 0.0615 e. The third kappa shape index (κ3) is 1.46. The Morgan fingerprint density at radius 1 is 1.88 bits per heavy atom. The van der Waals surface area contributed by atoms with E-state index in [-0.39, 0.29) is 0 Å². The lowest BCUT2D eigenvalue weighted by atomic mass is 10.2. The summed E-state index contributed by atoms with van der Waals surface area (Å²) in [4.78, 5) is 0. The topological polar surface area (TPSA) is 21.3 Å². The van der Waals surface area contributed by atoms with Gasteiger partial charge < -0.3 is 10.1 Å². The van der Waals surface area contributed by atoms with Crippen molar-refractivity contribution in [2.75, 3.05) is 20.3 Å². The fraction of sp³-hybridized carbons (Fsp3) is 0.833. The molecule has 1 saturated heterocycles. The highest BCUT2D eigenvalue weighted by molar-refractivity contribution is 4.85. The molecule has 1 N–H and O–H groups in total. The normalized spacial score (nSPS) is 28.9. The summed E-state index contributed by atoms with van der Waals surface area (Å²) in [6, 6.07) is 0.583. The molecule has 1 fully saturated rings. The lowest BCUT2D eigenvalue weighted by molar-refractivity contribution is 0.174. The lowest BCUT2D eigenvalue weighted by Gasteiger charge is -2.05. The minimum Gasteiger partial charge on any atom is -0.383 e. The molecular weight excluding hydrogens is 102 g/mol. The molecule has 1 heterocycles. The van der Waals surface area contributed by atoms with Crippen molar-refractivity contribution >= 4 is 0 Å². The summed E-state index contributed by atoms with van der Waals surface area (Å²) in [6.45, 7) is 1.89. The average Bonchev–Trinajstić information content (AvgIpc) is 2.19. The molecule has 0 amide bonds. The van der Waals surface area contributed by atoms with Gasteiger partial charge in [-0.1, -0.05) is 0 Å². The highest BCUT2D eigenvalue weighted by Crippen LogP contribution is 2.02. The summed E-state index contributed by atoms with van der Waals surface area (Å²) >= 11 is 0. The van der Waals surface area contributed by atoms with E-state index in [4.69, 9.17) is 4.74 Å². The molecule has 0 aromatic carbocycles. The van der Waals surface area contributed by atoms with Crippen molar-refractivity contribution in [1.29, 1.82) is 0 Å². The summed E-state index contributed by atoms with van der Waals surface area (Å²) in [5.74, 6) is 0. The Balaban J connectivity index is 2.06. The van der Waals surface area contributed by atoms with Crippen LogP contribution in [0.3, 0.4) is 0 Å². The molecule has 8 heavy (non-hydrogen) atoms. The molecule has 1 radical (unpaired) electrons. The van der Waals surface area contributed by atoms with Crippen molar-refractivity contribution in [2.45, 2.75) is 12.5 Å². The molecule has 0 bridgehead atoms. The predicted molar refractivity (Wildman–Crippen MR) is 32.6 cm³/mol. The number of nitrogens with one attached hydrogen (secondary N) is 1. The lowest BCUT2D eigenvalue weighted by Crippen LogP contribution is -2.25. The number of ether oxygens (including phenoxy) is 1. The maximum atomic E-state index is 4.94. The van der Waals surface area contributed by atoms with Gasteiger partial charge in [-0.15, -0.1) is 0 Å². The highest BCUT2D eigenvalue weighted by Gasteiger charge is 2.12. The van der Waals surface area contributed by atoms with Gasteiger partial charge in [-0.3, -0.25) is 0 Å². The Bertz CT molecular complexity index is 59.5. The first-order chi connectivity index (χ1) is 3.93. The minimum atomic E-state index is 0.583. The van der Waals surface area contributed by atoms with Crippen LogP contribution in [0.25, 0.3) is 0 Å². The van der Waals surface area contributed by atoms with Gasteiger partial charge in [0.1, 0.15) is 0 Å². The van der Waals surface area contributed by atoms with Gasteiger partial charge in [0.15, 0.2) is 0 Å². The summed E-state index contributed by atoms with van der Waals surface area (Å²) in [5.41, 5.74) is 0. The molecule has 0 aromatic heterocycles. The van der Waals surface area contributed by atoms with Crippen LogP contribution in [0.5, 0.6) is 0 Å². The van der Waals surface area contributed by atoms with Crippen molar-refractivity contribution in [3.8, 4) is 0 Å². The monoisotopic (exact) mass is 114 g/mol. The summed E-state index contributed by atoms with van der Waals surface area (Å²) in [7, 11) is 1.74. The van der Waals surface area contributed by atoms with Crippen molar-refractivity contribution in [1.82, 2.24) is 5.32 Å². The maximum absolute atomic E-state index is 4.94. The first kappa shape index (κ1) is 6.05. The zero-order valence-electron chi connectivity index (χ0n) is 5.18. The van der Waals surface area contributed by atoms with Crippen LogP contribution < -0.4 is 5.32 Å². The van der Waals surface area contributed by atoms with Crippen molar-refractivity contribution in [3.63, 3.8) is 0 Å². The van der Waals surface area contributed by atoms with Gasteiger partial charge in [-0.2, -0.15) is 0 Å². The zero-order valence-corrected chi connectivity index (χ0v) is 5.18. The van der Waals surface area contributed by atoms with E-state index in [0.29, 0.717) is 6.04 Å². The molecule has 0 aliphatic carbocycles. The Labute approximate surface area is 50.2 Å². The molecule has 2 heteroatoms. The molecule has 0 unspecified atom stereocenters. The molecular formula is C6H12NO. The molecule has 1 atom stereocenters. The SMILES string of the molecule is COC[C@H]1C[CH]CN1. The van der Waals surface area contributed by atoms with Gasteiger partial charge in [-0.05, 0) is 19.4 Å². The van der Waals surface area contributed by atoms with Crippen LogP contribution in [-0.2, 0) is 4.74 Å². The molecule has 0 spiro atoms. The Morgan fingerprint density at radius 2 is 2.75 bits per heavy atom.